The van der Waals surface area contributed by atoms with E-state index in [1.54, 1.807) is 0 Å². The lowest BCUT2D eigenvalue weighted by molar-refractivity contribution is -0.131. The van der Waals surface area contributed by atoms with Crippen LogP contribution < -0.4 is 4.90 Å². The van der Waals surface area contributed by atoms with Gasteiger partial charge in [0.25, 0.3) is 0 Å². The zero-order chi connectivity index (χ0) is 26.6. The highest BCUT2D eigenvalue weighted by atomic mass is 19.1. The average molecular weight is 519 g/mol. The van der Waals surface area contributed by atoms with E-state index < -0.39 is 0 Å². The zero-order valence-corrected chi connectivity index (χ0v) is 21.8. The van der Waals surface area contributed by atoms with Gasteiger partial charge in [0.15, 0.2) is 0 Å². The van der Waals surface area contributed by atoms with Crippen molar-refractivity contribution in [2.45, 2.75) is 18.9 Å². The molecule has 1 aliphatic heterocycles. The molecule has 0 unspecified atom stereocenters. The molecule has 0 N–H and O–H groups in total. The number of para-hydroxylation sites is 2. The van der Waals surface area contributed by atoms with E-state index in [9.17, 15) is 9.18 Å². The molecule has 1 aliphatic rings. The number of nitrogens with zero attached hydrogens (tertiary/aromatic N) is 4. The molecule has 6 heteroatoms. The molecular formula is C33H31FN4O. The van der Waals surface area contributed by atoms with Crippen molar-refractivity contribution in [3.05, 3.63) is 132 Å². The summed E-state index contributed by atoms with van der Waals surface area (Å²) in [4.78, 5) is 22.7. The normalized spacial score (nSPS) is 13.8. The van der Waals surface area contributed by atoms with E-state index in [0.717, 1.165) is 33.7 Å². The standard InChI is InChI=1S/C33H31FN4O/c34-28-17-15-25(16-18-28)24-38-31-14-8-7-13-30(31)35-33(38)37-21-19-36(20-22-37)32(39)23-29(26-9-3-1-4-10-26)27-11-5-2-6-12-27/h1-18,29H,19-24H2. The third-order valence-electron chi connectivity index (χ3n) is 7.59. The molecule has 0 bridgehead atoms. The van der Waals surface area contributed by atoms with Crippen molar-refractivity contribution in [1.29, 1.82) is 0 Å². The van der Waals surface area contributed by atoms with Crippen molar-refractivity contribution >= 4 is 22.9 Å². The lowest BCUT2D eigenvalue weighted by Gasteiger charge is -2.36. The maximum Gasteiger partial charge on any atom is 0.223 e. The molecule has 0 aliphatic carbocycles. The van der Waals surface area contributed by atoms with E-state index in [0.29, 0.717) is 39.1 Å². The molecule has 2 heterocycles. The molecule has 1 aromatic heterocycles. The Bertz CT molecular complexity index is 1500. The van der Waals surface area contributed by atoms with Crippen molar-refractivity contribution in [3.8, 4) is 0 Å². The fourth-order valence-corrected chi connectivity index (χ4v) is 5.49. The highest BCUT2D eigenvalue weighted by Gasteiger charge is 2.27. The van der Waals surface area contributed by atoms with E-state index >= 15 is 0 Å². The Balaban J connectivity index is 1.19. The van der Waals surface area contributed by atoms with Crippen molar-refractivity contribution < 1.29 is 9.18 Å². The molecule has 4 aromatic carbocycles. The maximum atomic E-state index is 13.5. The minimum absolute atomic E-state index is 0.0258. The third-order valence-corrected chi connectivity index (χ3v) is 7.59. The Hall–Kier alpha value is -4.45. The molecule has 1 saturated heterocycles. The highest BCUT2D eigenvalue weighted by Crippen LogP contribution is 2.30. The number of aromatic nitrogens is 2. The van der Waals surface area contributed by atoms with Gasteiger partial charge in [0.05, 0.1) is 17.6 Å². The number of amides is 1. The van der Waals surface area contributed by atoms with Gasteiger partial charge in [-0.2, -0.15) is 0 Å². The summed E-state index contributed by atoms with van der Waals surface area (Å²) in [5.74, 6) is 0.848. The lowest BCUT2D eigenvalue weighted by Crippen LogP contribution is -2.49. The maximum absolute atomic E-state index is 13.5. The van der Waals surface area contributed by atoms with Gasteiger partial charge in [0.1, 0.15) is 5.82 Å². The van der Waals surface area contributed by atoms with Gasteiger partial charge in [-0.3, -0.25) is 4.79 Å². The number of halogens is 1. The second-order valence-corrected chi connectivity index (χ2v) is 10.1. The first kappa shape index (κ1) is 24.9. The Morgan fingerprint density at radius 1 is 0.744 bits per heavy atom. The van der Waals surface area contributed by atoms with Gasteiger partial charge in [-0.1, -0.05) is 84.9 Å². The minimum Gasteiger partial charge on any atom is -0.339 e. The topological polar surface area (TPSA) is 41.4 Å². The van der Waals surface area contributed by atoms with E-state index in [2.05, 4.69) is 39.8 Å². The predicted octanol–water partition coefficient (Wildman–Crippen LogP) is 6.09. The summed E-state index contributed by atoms with van der Waals surface area (Å²) < 4.78 is 15.7. The number of benzene rings is 4. The molecule has 5 nitrogen and oxygen atoms in total. The Kier molecular flexibility index (Phi) is 7.09. The van der Waals surface area contributed by atoms with Crippen LogP contribution in [0, 0.1) is 5.82 Å². The second kappa shape index (κ2) is 11.1. The number of hydrogen-bond acceptors (Lipinski definition) is 3. The van der Waals surface area contributed by atoms with E-state index in [1.165, 1.54) is 12.1 Å². The largest absolute Gasteiger partial charge is 0.339 e. The van der Waals surface area contributed by atoms with Crippen LogP contribution in [0.15, 0.2) is 109 Å². The molecule has 0 spiro atoms. The SMILES string of the molecule is O=C(CC(c1ccccc1)c1ccccc1)N1CCN(c2nc3ccccc3n2Cc2ccc(F)cc2)CC1. The van der Waals surface area contributed by atoms with Crippen LogP contribution in [-0.4, -0.2) is 46.5 Å². The van der Waals surface area contributed by atoms with Gasteiger partial charge in [0.2, 0.25) is 11.9 Å². The van der Waals surface area contributed by atoms with Crippen LogP contribution in [-0.2, 0) is 11.3 Å². The fraction of sp³-hybridized carbons (Fsp3) is 0.212. The van der Waals surface area contributed by atoms with Crippen LogP contribution in [0.1, 0.15) is 29.0 Å². The molecule has 0 atom stereocenters. The van der Waals surface area contributed by atoms with Gasteiger partial charge < -0.3 is 14.4 Å². The quantitative estimate of drug-likeness (QED) is 0.262. The number of hydrogen-bond donors (Lipinski definition) is 0. The summed E-state index contributed by atoms with van der Waals surface area (Å²) in [5.41, 5.74) is 5.31. The van der Waals surface area contributed by atoms with Gasteiger partial charge >= 0.3 is 0 Å². The molecule has 0 radical (unpaired) electrons. The number of rotatable bonds is 7. The molecule has 39 heavy (non-hydrogen) atoms. The van der Waals surface area contributed by atoms with Crippen molar-refractivity contribution in [3.63, 3.8) is 0 Å². The number of anilines is 1. The first-order chi connectivity index (χ1) is 19.2. The first-order valence-corrected chi connectivity index (χ1v) is 13.5. The summed E-state index contributed by atoms with van der Waals surface area (Å²) in [6.07, 6.45) is 0.442. The number of carbonyl (C=O) groups excluding carboxylic acids is 1. The molecular weight excluding hydrogens is 487 g/mol. The first-order valence-electron chi connectivity index (χ1n) is 13.5. The summed E-state index contributed by atoms with van der Waals surface area (Å²) in [5, 5.41) is 0. The van der Waals surface area contributed by atoms with Crippen LogP contribution in [0.4, 0.5) is 10.3 Å². The van der Waals surface area contributed by atoms with Crippen molar-refractivity contribution in [1.82, 2.24) is 14.5 Å². The van der Waals surface area contributed by atoms with Crippen molar-refractivity contribution in [2.75, 3.05) is 31.1 Å². The van der Waals surface area contributed by atoms with Gasteiger partial charge in [0, 0.05) is 38.5 Å². The summed E-state index contributed by atoms with van der Waals surface area (Å²) in [6.45, 7) is 3.31. The molecule has 6 rings (SSSR count). The zero-order valence-electron chi connectivity index (χ0n) is 21.8. The number of imidazole rings is 1. The Morgan fingerprint density at radius 3 is 1.97 bits per heavy atom. The monoisotopic (exact) mass is 518 g/mol. The van der Waals surface area contributed by atoms with Crippen LogP contribution >= 0.6 is 0 Å². The van der Waals surface area contributed by atoms with E-state index in [-0.39, 0.29) is 17.6 Å². The van der Waals surface area contributed by atoms with Crippen molar-refractivity contribution in [2.24, 2.45) is 0 Å². The molecule has 196 valence electrons. The number of fused-ring (bicyclic) bond motifs is 1. The number of piperazine rings is 1. The molecule has 0 saturated carbocycles. The van der Waals surface area contributed by atoms with Gasteiger partial charge in [-0.15, -0.1) is 0 Å². The Labute approximate surface area is 228 Å². The fourth-order valence-electron chi connectivity index (χ4n) is 5.49. The predicted molar refractivity (Wildman–Crippen MR) is 153 cm³/mol. The van der Waals surface area contributed by atoms with E-state index in [4.69, 9.17) is 4.98 Å². The average Bonchev–Trinajstić information content (AvgIpc) is 3.36. The minimum atomic E-state index is -0.239. The van der Waals surface area contributed by atoms with Crippen LogP contribution in [0.25, 0.3) is 11.0 Å². The smallest absolute Gasteiger partial charge is 0.223 e. The summed E-state index contributed by atoms with van der Waals surface area (Å²) in [7, 11) is 0. The molecule has 5 aromatic rings. The van der Waals surface area contributed by atoms with Crippen LogP contribution in [0.2, 0.25) is 0 Å². The summed E-state index contributed by atoms with van der Waals surface area (Å²) in [6, 6.07) is 35.3. The second-order valence-electron chi connectivity index (χ2n) is 10.1. The highest BCUT2D eigenvalue weighted by molar-refractivity contribution is 5.80. The number of carbonyl (C=O) groups is 1. The summed E-state index contributed by atoms with van der Waals surface area (Å²) >= 11 is 0. The van der Waals surface area contributed by atoms with Crippen LogP contribution in [0.5, 0.6) is 0 Å². The Morgan fingerprint density at radius 2 is 1.33 bits per heavy atom. The van der Waals surface area contributed by atoms with E-state index in [1.807, 2.05) is 71.6 Å². The van der Waals surface area contributed by atoms with Gasteiger partial charge in [-0.05, 0) is 41.0 Å². The molecule has 1 fully saturated rings. The lowest BCUT2D eigenvalue weighted by atomic mass is 9.88. The molecule has 1 amide bonds. The van der Waals surface area contributed by atoms with Crippen LogP contribution in [0.3, 0.4) is 0 Å². The third kappa shape index (κ3) is 5.41. The van der Waals surface area contributed by atoms with Gasteiger partial charge in [-0.25, -0.2) is 9.37 Å².